The number of carboxylic acid groups (broad SMARTS) is 1. The molecule has 0 heterocycles. The predicted molar refractivity (Wildman–Crippen MR) is 120 cm³/mol. The number of nitrogens with zero attached hydrogens (tertiary/aromatic N) is 1. The van der Waals surface area contributed by atoms with Gasteiger partial charge in [-0.1, -0.05) is 19.3 Å². The molecule has 0 unspecified atom stereocenters. The highest BCUT2D eigenvalue weighted by Gasteiger charge is 2.25. The lowest BCUT2D eigenvalue weighted by molar-refractivity contribution is -0.136. The summed E-state index contributed by atoms with van der Waals surface area (Å²) < 4.78 is 7.10. The number of amides is 1. The molecule has 1 fully saturated rings. The molecule has 3 rings (SSSR count). The lowest BCUT2D eigenvalue weighted by Gasteiger charge is -2.31. The van der Waals surface area contributed by atoms with Crippen molar-refractivity contribution in [1.29, 1.82) is 0 Å². The smallest absolute Gasteiger partial charge is 0.307 e. The molecule has 0 bridgehead atoms. The van der Waals surface area contributed by atoms with Gasteiger partial charge >= 0.3 is 5.97 Å². The van der Waals surface area contributed by atoms with E-state index in [1.165, 1.54) is 18.6 Å². The molecular formula is C22H23Br2NO5. The summed E-state index contributed by atoms with van der Waals surface area (Å²) in [5.74, 6) is -0.412. The second-order valence-corrected chi connectivity index (χ2v) is 9.16. The van der Waals surface area contributed by atoms with E-state index in [0.29, 0.717) is 26.0 Å². The number of carboxylic acids is 1. The van der Waals surface area contributed by atoms with Gasteiger partial charge in [0.25, 0.3) is 5.91 Å². The Morgan fingerprint density at radius 1 is 1.10 bits per heavy atom. The van der Waals surface area contributed by atoms with Gasteiger partial charge in [0.15, 0.2) is 5.75 Å². The Morgan fingerprint density at radius 2 is 1.73 bits per heavy atom. The fourth-order valence-electron chi connectivity index (χ4n) is 3.68. The number of carbonyl (C=O) groups is 2. The van der Waals surface area contributed by atoms with Gasteiger partial charge in [0.05, 0.1) is 20.9 Å². The molecule has 30 heavy (non-hydrogen) atoms. The Balaban J connectivity index is 1.83. The summed E-state index contributed by atoms with van der Waals surface area (Å²) in [4.78, 5) is 25.6. The van der Waals surface area contributed by atoms with Gasteiger partial charge in [-0.25, -0.2) is 0 Å². The van der Waals surface area contributed by atoms with E-state index in [2.05, 4.69) is 31.9 Å². The minimum Gasteiger partial charge on any atom is -0.507 e. The third-order valence-electron chi connectivity index (χ3n) is 5.27. The molecule has 160 valence electrons. The number of hydrogen-bond acceptors (Lipinski definition) is 4. The normalized spacial score (nSPS) is 14.4. The first kappa shape index (κ1) is 22.6. The molecule has 1 saturated carbocycles. The maximum Gasteiger partial charge on any atom is 0.307 e. The zero-order valence-corrected chi connectivity index (χ0v) is 19.7. The molecule has 0 atom stereocenters. The van der Waals surface area contributed by atoms with Gasteiger partial charge < -0.3 is 19.8 Å². The van der Waals surface area contributed by atoms with Crippen molar-refractivity contribution in [3.05, 3.63) is 50.4 Å². The van der Waals surface area contributed by atoms with Gasteiger partial charge in [-0.2, -0.15) is 0 Å². The Labute approximate surface area is 192 Å². The number of carbonyl (C=O) groups excluding carboxylic acids is 1. The molecule has 1 aliphatic rings. The second-order valence-electron chi connectivity index (χ2n) is 7.45. The Kier molecular flexibility index (Phi) is 7.41. The van der Waals surface area contributed by atoms with Crippen LogP contribution in [0.15, 0.2) is 39.3 Å². The van der Waals surface area contributed by atoms with E-state index in [1.54, 1.807) is 30.1 Å². The molecule has 8 heteroatoms. The molecule has 2 aromatic rings. The summed E-state index contributed by atoms with van der Waals surface area (Å²) >= 11 is 6.82. The summed E-state index contributed by atoms with van der Waals surface area (Å²) in [7, 11) is 1.78. The molecule has 0 saturated heterocycles. The highest BCUT2D eigenvalue weighted by Crippen LogP contribution is 2.39. The van der Waals surface area contributed by atoms with Gasteiger partial charge in [-0.05, 0) is 80.6 Å². The van der Waals surface area contributed by atoms with Gasteiger partial charge in [0, 0.05) is 13.1 Å². The van der Waals surface area contributed by atoms with Gasteiger partial charge in [0.2, 0.25) is 0 Å². The maximum absolute atomic E-state index is 13.0. The standard InChI is InChI=1S/C22H23Br2NO5/c1-25(14-5-3-2-4-6-14)22(29)16-12-15(7-8-19(16)26)30-21-17(23)9-13(10-18(21)24)11-20(27)28/h7-10,12,14,26H,2-6,11H2,1H3,(H,27,28). The van der Waals surface area contributed by atoms with Crippen LogP contribution in [0.1, 0.15) is 48.0 Å². The van der Waals surface area contributed by atoms with Crippen LogP contribution in [0, 0.1) is 0 Å². The van der Waals surface area contributed by atoms with Crippen LogP contribution in [0.25, 0.3) is 0 Å². The van der Waals surface area contributed by atoms with E-state index in [4.69, 9.17) is 9.84 Å². The number of phenolic OH excluding ortho intramolecular Hbond substituents is 1. The van der Waals surface area contributed by atoms with Crippen molar-refractivity contribution < 1.29 is 24.5 Å². The number of aliphatic carboxylic acids is 1. The highest BCUT2D eigenvalue weighted by molar-refractivity contribution is 9.11. The molecule has 0 aliphatic heterocycles. The molecule has 2 aromatic carbocycles. The lowest BCUT2D eigenvalue weighted by Crippen LogP contribution is -2.38. The Hall–Kier alpha value is -2.06. The minimum absolute atomic E-state index is 0.0926. The summed E-state index contributed by atoms with van der Waals surface area (Å²) in [6.07, 6.45) is 5.25. The number of hydrogen-bond donors (Lipinski definition) is 2. The third kappa shape index (κ3) is 5.35. The first-order valence-electron chi connectivity index (χ1n) is 9.74. The zero-order chi connectivity index (χ0) is 21.8. The van der Waals surface area contributed by atoms with Gasteiger partial charge in [-0.3, -0.25) is 9.59 Å². The molecule has 1 amide bonds. The van der Waals surface area contributed by atoms with Crippen molar-refractivity contribution in [3.8, 4) is 17.2 Å². The van der Waals surface area contributed by atoms with Crippen LogP contribution in [0.5, 0.6) is 17.2 Å². The van der Waals surface area contributed by atoms with Crippen molar-refractivity contribution in [3.63, 3.8) is 0 Å². The minimum atomic E-state index is -0.925. The molecule has 2 N–H and O–H groups in total. The highest BCUT2D eigenvalue weighted by atomic mass is 79.9. The van der Waals surface area contributed by atoms with Crippen molar-refractivity contribution in [2.45, 2.75) is 44.6 Å². The quantitative estimate of drug-likeness (QED) is 0.487. The predicted octanol–water partition coefficient (Wildman–Crippen LogP) is 5.74. The Morgan fingerprint density at radius 3 is 2.33 bits per heavy atom. The van der Waals surface area contributed by atoms with Crippen LogP contribution < -0.4 is 4.74 Å². The second kappa shape index (κ2) is 9.83. The van der Waals surface area contributed by atoms with Crippen LogP contribution in [0.3, 0.4) is 0 Å². The third-order valence-corrected chi connectivity index (χ3v) is 6.45. The number of phenols is 1. The average Bonchev–Trinajstić information content (AvgIpc) is 2.71. The van der Waals surface area contributed by atoms with Crippen LogP contribution in [0.2, 0.25) is 0 Å². The van der Waals surface area contributed by atoms with Gasteiger partial charge in [-0.15, -0.1) is 0 Å². The number of rotatable bonds is 6. The van der Waals surface area contributed by atoms with Crippen molar-refractivity contribution in [2.75, 3.05) is 7.05 Å². The molecule has 0 spiro atoms. The van der Waals surface area contributed by atoms with Crippen LogP contribution in [0.4, 0.5) is 0 Å². The van der Waals surface area contributed by atoms with E-state index in [1.807, 2.05) is 0 Å². The lowest BCUT2D eigenvalue weighted by atomic mass is 9.94. The molecule has 0 radical (unpaired) electrons. The van der Waals surface area contributed by atoms with Crippen molar-refractivity contribution in [1.82, 2.24) is 4.90 Å². The summed E-state index contributed by atoms with van der Waals surface area (Å²) in [6, 6.07) is 8.09. The van der Waals surface area contributed by atoms with E-state index in [9.17, 15) is 14.7 Å². The Bertz CT molecular complexity index is 934. The largest absolute Gasteiger partial charge is 0.507 e. The summed E-state index contributed by atoms with van der Waals surface area (Å²) in [5.41, 5.74) is 0.805. The first-order chi connectivity index (χ1) is 14.3. The average molecular weight is 541 g/mol. The summed E-state index contributed by atoms with van der Waals surface area (Å²) in [6.45, 7) is 0. The van der Waals surface area contributed by atoms with Crippen LogP contribution in [-0.4, -0.2) is 40.1 Å². The SMILES string of the molecule is CN(C(=O)c1cc(Oc2c(Br)cc(CC(=O)O)cc2Br)ccc1O)C1CCCCC1. The number of aromatic hydroxyl groups is 1. The van der Waals surface area contributed by atoms with E-state index in [-0.39, 0.29) is 29.7 Å². The summed E-state index contributed by atoms with van der Waals surface area (Å²) in [5, 5.41) is 19.3. The number of ether oxygens (including phenoxy) is 1. The van der Waals surface area contributed by atoms with Crippen molar-refractivity contribution >= 4 is 43.7 Å². The van der Waals surface area contributed by atoms with E-state index >= 15 is 0 Å². The maximum atomic E-state index is 13.0. The zero-order valence-electron chi connectivity index (χ0n) is 16.5. The fraction of sp³-hybridized carbons (Fsp3) is 0.364. The van der Waals surface area contributed by atoms with Crippen molar-refractivity contribution in [2.24, 2.45) is 0 Å². The molecule has 6 nitrogen and oxygen atoms in total. The topological polar surface area (TPSA) is 87.1 Å². The molecule has 1 aliphatic carbocycles. The molecule has 0 aromatic heterocycles. The van der Waals surface area contributed by atoms with Crippen LogP contribution in [-0.2, 0) is 11.2 Å². The van der Waals surface area contributed by atoms with E-state index < -0.39 is 5.97 Å². The monoisotopic (exact) mass is 539 g/mol. The first-order valence-corrected chi connectivity index (χ1v) is 11.3. The van der Waals surface area contributed by atoms with Gasteiger partial charge in [0.1, 0.15) is 11.5 Å². The molecular weight excluding hydrogens is 518 g/mol. The fourth-order valence-corrected chi connectivity index (χ4v) is 5.12. The number of halogens is 2. The number of benzene rings is 2. The van der Waals surface area contributed by atoms with E-state index in [0.717, 1.165) is 25.7 Å². The van der Waals surface area contributed by atoms with Crippen LogP contribution >= 0.6 is 31.9 Å².